The standard InChI is InChI=1S/C22H19FN4O3S.C2H5ClO.C2H3NO/c1-14(28)27(3)31(29,30)19-9-8-18-20(15-10-12-24-13-11-15)21(26(2)22(18)25-19)16-4-6-17(23)7-5-16;1-4-2-3;1-3-2-4/h4-13H,1-3H3;2H2,1H3;1H3. The average Bonchev–Trinajstić information content (AvgIpc) is 3.25. The van der Waals surface area contributed by atoms with E-state index in [0.29, 0.717) is 16.0 Å². The Kier molecular flexibility index (Phi) is 11.4. The smallest absolute Gasteiger partial charge is 0.283 e. The van der Waals surface area contributed by atoms with Crippen LogP contribution in [0.15, 0.2) is 70.9 Å². The van der Waals surface area contributed by atoms with E-state index in [9.17, 15) is 17.6 Å². The number of methoxy groups -OCH3 is 1. The second kappa shape index (κ2) is 14.3. The number of aliphatic imine (C=N–C) groups is 1. The molecule has 39 heavy (non-hydrogen) atoms. The van der Waals surface area contributed by atoms with Crippen molar-refractivity contribution < 1.29 is 27.1 Å². The van der Waals surface area contributed by atoms with Crippen LogP contribution in [0.3, 0.4) is 0 Å². The first-order valence-electron chi connectivity index (χ1n) is 11.2. The van der Waals surface area contributed by atoms with E-state index < -0.39 is 15.9 Å². The van der Waals surface area contributed by atoms with Crippen LogP contribution in [0.5, 0.6) is 0 Å². The highest BCUT2D eigenvalue weighted by atomic mass is 35.5. The molecule has 0 saturated carbocycles. The molecule has 3 heterocycles. The van der Waals surface area contributed by atoms with Crippen LogP contribution >= 0.6 is 11.6 Å². The zero-order chi connectivity index (χ0) is 29.2. The highest BCUT2D eigenvalue weighted by Gasteiger charge is 2.27. The van der Waals surface area contributed by atoms with Crippen molar-refractivity contribution in [2.24, 2.45) is 12.0 Å². The first-order valence-corrected chi connectivity index (χ1v) is 13.2. The predicted octanol–water partition coefficient (Wildman–Crippen LogP) is 4.39. The van der Waals surface area contributed by atoms with Crippen molar-refractivity contribution in [2.45, 2.75) is 11.9 Å². The summed E-state index contributed by atoms with van der Waals surface area (Å²) in [6, 6.07) is 13.1. The summed E-state index contributed by atoms with van der Waals surface area (Å²) in [5.74, 6) is -0.968. The number of aromatic nitrogens is 3. The van der Waals surface area contributed by atoms with Gasteiger partial charge in [0.05, 0.1) is 5.69 Å². The summed E-state index contributed by atoms with van der Waals surface area (Å²) in [6.45, 7) is 1.17. The largest absolute Gasteiger partial charge is 0.369 e. The maximum atomic E-state index is 13.5. The number of carbonyl (C=O) groups is 1. The average molecular weight is 576 g/mol. The van der Waals surface area contributed by atoms with Crippen molar-refractivity contribution in [3.05, 3.63) is 66.7 Å². The molecule has 0 atom stereocenters. The molecule has 0 spiro atoms. The number of amides is 1. The fourth-order valence-electron chi connectivity index (χ4n) is 3.49. The maximum Gasteiger partial charge on any atom is 0.283 e. The molecular weight excluding hydrogens is 549 g/mol. The van der Waals surface area contributed by atoms with Crippen LogP contribution in [0.4, 0.5) is 4.39 Å². The molecule has 0 unspecified atom stereocenters. The number of alkyl halides is 1. The molecule has 13 heteroatoms. The Labute approximate surface area is 230 Å². The van der Waals surface area contributed by atoms with E-state index in [1.165, 1.54) is 45.3 Å². The number of benzene rings is 1. The molecule has 206 valence electrons. The quantitative estimate of drug-likeness (QED) is 0.196. The number of ether oxygens (including phenoxy) is 1. The van der Waals surface area contributed by atoms with Gasteiger partial charge in [-0.15, -0.1) is 0 Å². The van der Waals surface area contributed by atoms with Gasteiger partial charge in [0.1, 0.15) is 17.5 Å². The van der Waals surface area contributed by atoms with E-state index >= 15 is 0 Å². The number of hydrogen-bond acceptors (Lipinski definition) is 8. The molecule has 0 bridgehead atoms. The summed E-state index contributed by atoms with van der Waals surface area (Å²) < 4.78 is 45.8. The second-order valence-corrected chi connectivity index (χ2v) is 9.88. The van der Waals surface area contributed by atoms with Crippen molar-refractivity contribution in [1.29, 1.82) is 0 Å². The van der Waals surface area contributed by atoms with E-state index in [1.54, 1.807) is 49.3 Å². The lowest BCUT2D eigenvalue weighted by molar-refractivity contribution is -0.123. The number of halogens is 2. The first-order chi connectivity index (χ1) is 18.5. The van der Waals surface area contributed by atoms with Gasteiger partial charge in [0.2, 0.25) is 12.0 Å². The Balaban J connectivity index is 0.000000590. The topological polar surface area (TPSA) is 124 Å². The molecule has 1 amide bonds. The van der Waals surface area contributed by atoms with Crippen molar-refractivity contribution >= 4 is 44.6 Å². The Bertz CT molecular complexity index is 1570. The van der Waals surface area contributed by atoms with Crippen LogP contribution in [0.2, 0.25) is 0 Å². The van der Waals surface area contributed by atoms with E-state index in [4.69, 9.17) is 16.4 Å². The van der Waals surface area contributed by atoms with Crippen LogP contribution in [0.1, 0.15) is 6.92 Å². The molecule has 0 fully saturated rings. The highest BCUT2D eigenvalue weighted by molar-refractivity contribution is 7.89. The molecule has 0 aliphatic carbocycles. The van der Waals surface area contributed by atoms with Crippen LogP contribution in [-0.4, -0.2) is 66.5 Å². The third-order valence-corrected chi connectivity index (χ3v) is 7.32. The molecule has 0 N–H and O–H groups in total. The Morgan fingerprint density at radius 2 is 1.69 bits per heavy atom. The SMILES string of the molecule is CC(=O)N(C)S(=O)(=O)c1ccc2c(-c3ccncc3)c(-c3ccc(F)cc3)n(C)c2n1.CN=C=O.COCCl. The van der Waals surface area contributed by atoms with Gasteiger partial charge in [-0.05, 0) is 59.7 Å². The lowest BCUT2D eigenvalue weighted by Gasteiger charge is -2.14. The van der Waals surface area contributed by atoms with Gasteiger partial charge in [0.15, 0.2) is 5.03 Å². The Morgan fingerprint density at radius 3 is 2.18 bits per heavy atom. The number of sulfonamides is 1. The van der Waals surface area contributed by atoms with Crippen LogP contribution in [-0.2, 0) is 31.4 Å². The summed E-state index contributed by atoms with van der Waals surface area (Å²) in [4.78, 5) is 31.9. The molecule has 0 saturated heterocycles. The van der Waals surface area contributed by atoms with Crippen LogP contribution in [0.25, 0.3) is 33.4 Å². The molecule has 0 aliphatic heterocycles. The third kappa shape index (κ3) is 7.33. The summed E-state index contributed by atoms with van der Waals surface area (Å²) in [5.41, 5.74) is 3.60. The Morgan fingerprint density at radius 1 is 1.13 bits per heavy atom. The van der Waals surface area contributed by atoms with E-state index in [-0.39, 0.29) is 10.8 Å². The monoisotopic (exact) mass is 575 g/mol. The van der Waals surface area contributed by atoms with E-state index in [1.807, 2.05) is 12.1 Å². The number of rotatable bonds is 5. The van der Waals surface area contributed by atoms with Crippen LogP contribution < -0.4 is 0 Å². The van der Waals surface area contributed by atoms with Crippen molar-refractivity contribution in [2.75, 3.05) is 27.3 Å². The molecule has 1 aromatic carbocycles. The number of carbonyl (C=O) groups excluding carboxylic acids is 2. The van der Waals surface area contributed by atoms with Gasteiger partial charge in [0.25, 0.3) is 10.0 Å². The molecule has 0 aliphatic rings. The van der Waals surface area contributed by atoms with Gasteiger partial charge in [-0.2, -0.15) is 8.42 Å². The van der Waals surface area contributed by atoms with Gasteiger partial charge in [-0.1, -0.05) is 11.6 Å². The summed E-state index contributed by atoms with van der Waals surface area (Å²) >= 11 is 4.96. The first kappa shape index (κ1) is 31.3. The number of hydrogen-bond donors (Lipinski definition) is 0. The number of nitrogens with zero attached hydrogens (tertiary/aromatic N) is 5. The summed E-state index contributed by atoms with van der Waals surface area (Å²) in [6.07, 6.45) is 4.63. The minimum atomic E-state index is -4.09. The van der Waals surface area contributed by atoms with Gasteiger partial charge in [0, 0.05) is 58.5 Å². The summed E-state index contributed by atoms with van der Waals surface area (Å²) in [7, 11) is 1.81. The second-order valence-electron chi connectivity index (χ2n) is 7.75. The number of pyridine rings is 2. The minimum Gasteiger partial charge on any atom is -0.369 e. The van der Waals surface area contributed by atoms with E-state index in [0.717, 1.165) is 27.8 Å². The van der Waals surface area contributed by atoms with Gasteiger partial charge >= 0.3 is 0 Å². The van der Waals surface area contributed by atoms with Gasteiger partial charge in [-0.25, -0.2) is 23.5 Å². The van der Waals surface area contributed by atoms with E-state index in [2.05, 4.69) is 19.7 Å². The number of aryl methyl sites for hydroxylation is 1. The van der Waals surface area contributed by atoms with Crippen molar-refractivity contribution in [3.8, 4) is 22.4 Å². The fraction of sp³-hybridized carbons (Fsp3) is 0.231. The van der Waals surface area contributed by atoms with Crippen molar-refractivity contribution in [3.63, 3.8) is 0 Å². The lowest BCUT2D eigenvalue weighted by atomic mass is 10.00. The summed E-state index contributed by atoms with van der Waals surface area (Å²) in [5, 5.41) is 0.489. The predicted molar refractivity (Wildman–Crippen MR) is 147 cm³/mol. The highest BCUT2D eigenvalue weighted by Crippen LogP contribution is 2.40. The molecule has 3 aromatic heterocycles. The third-order valence-electron chi connectivity index (χ3n) is 5.36. The lowest BCUT2D eigenvalue weighted by Crippen LogP contribution is -2.31. The van der Waals surface area contributed by atoms with Crippen LogP contribution in [0, 0.1) is 5.82 Å². The van der Waals surface area contributed by atoms with Crippen molar-refractivity contribution in [1.82, 2.24) is 18.8 Å². The molecule has 4 aromatic rings. The number of fused-ring (bicyclic) bond motifs is 1. The normalized spacial score (nSPS) is 10.4. The fourth-order valence-corrected chi connectivity index (χ4v) is 4.55. The maximum absolute atomic E-state index is 13.5. The zero-order valence-electron chi connectivity index (χ0n) is 21.9. The van der Waals surface area contributed by atoms with Gasteiger partial charge < -0.3 is 9.30 Å². The Hall–Kier alpha value is -3.96. The molecule has 10 nitrogen and oxygen atoms in total. The van der Waals surface area contributed by atoms with Gasteiger partial charge in [-0.3, -0.25) is 9.78 Å². The molecule has 0 radical (unpaired) electrons. The molecular formula is C26H27ClFN5O5S. The minimum absolute atomic E-state index is 0.231. The zero-order valence-corrected chi connectivity index (χ0v) is 23.5. The number of isocyanates is 1. The molecule has 4 rings (SSSR count).